The van der Waals surface area contributed by atoms with Gasteiger partial charge in [0, 0.05) is 38.1 Å². The molecule has 0 radical (unpaired) electrons. The van der Waals surface area contributed by atoms with Gasteiger partial charge in [-0.05, 0) is 30.9 Å². The Balaban J connectivity index is 1.61. The van der Waals surface area contributed by atoms with E-state index in [1.54, 1.807) is 0 Å². The number of ether oxygens (including phenoxy) is 1. The molecule has 1 saturated heterocycles. The van der Waals surface area contributed by atoms with Crippen LogP contribution in [0.25, 0.3) is 0 Å². The Bertz CT molecular complexity index is 424. The lowest BCUT2D eigenvalue weighted by Crippen LogP contribution is -2.42. The van der Waals surface area contributed by atoms with Crippen LogP contribution in [-0.2, 0) is 4.74 Å². The van der Waals surface area contributed by atoms with Gasteiger partial charge in [-0.2, -0.15) is 0 Å². The molecule has 1 aromatic heterocycles. The summed E-state index contributed by atoms with van der Waals surface area (Å²) in [5, 5.41) is 3.48. The van der Waals surface area contributed by atoms with E-state index < -0.39 is 0 Å². The number of rotatable bonds is 6. The monoisotopic (exact) mass is 293 g/mol. The Morgan fingerprint density at radius 1 is 1.45 bits per heavy atom. The van der Waals surface area contributed by atoms with Crippen molar-refractivity contribution in [2.45, 2.75) is 18.8 Å². The molecular formula is C15H23N3OS. The quantitative estimate of drug-likeness (QED) is 0.784. The molecule has 0 aromatic carbocycles. The van der Waals surface area contributed by atoms with Gasteiger partial charge in [0.2, 0.25) is 0 Å². The maximum absolute atomic E-state index is 5.65. The number of aromatic nitrogens is 1. The highest BCUT2D eigenvalue weighted by atomic mass is 32.1. The summed E-state index contributed by atoms with van der Waals surface area (Å²) in [6.45, 7) is 5.68. The van der Waals surface area contributed by atoms with Gasteiger partial charge in [-0.25, -0.2) is 0 Å². The lowest BCUT2D eigenvalue weighted by Gasteiger charge is -2.30. The average Bonchev–Trinajstić information content (AvgIpc) is 3.16. The van der Waals surface area contributed by atoms with Crippen molar-refractivity contribution < 1.29 is 4.74 Å². The van der Waals surface area contributed by atoms with Crippen molar-refractivity contribution >= 4 is 17.2 Å². The van der Waals surface area contributed by atoms with E-state index in [1.165, 1.54) is 18.5 Å². The van der Waals surface area contributed by atoms with Crippen molar-refractivity contribution in [1.29, 1.82) is 0 Å². The zero-order valence-electron chi connectivity index (χ0n) is 11.8. The molecule has 0 spiro atoms. The molecular weight excluding hydrogens is 270 g/mol. The first kappa shape index (κ1) is 14.0. The van der Waals surface area contributed by atoms with Gasteiger partial charge >= 0.3 is 0 Å². The third-order valence-electron chi connectivity index (χ3n) is 4.12. The van der Waals surface area contributed by atoms with Crippen LogP contribution in [-0.4, -0.2) is 54.3 Å². The van der Waals surface area contributed by atoms with Crippen LogP contribution in [0.15, 0.2) is 18.3 Å². The highest BCUT2D eigenvalue weighted by Crippen LogP contribution is 2.28. The molecule has 2 aliphatic rings. The minimum absolute atomic E-state index is 0.261. The average molecular weight is 293 g/mol. The summed E-state index contributed by atoms with van der Waals surface area (Å²) in [4.78, 5) is 6.75. The smallest absolute Gasteiger partial charge is 0.0857 e. The zero-order chi connectivity index (χ0) is 13.8. The van der Waals surface area contributed by atoms with Crippen LogP contribution in [0.2, 0.25) is 0 Å². The number of thiocarbonyl (C=S) groups is 1. The number of morpholine rings is 1. The van der Waals surface area contributed by atoms with Gasteiger partial charge in [0.15, 0.2) is 0 Å². The van der Waals surface area contributed by atoms with Crippen molar-refractivity contribution in [2.24, 2.45) is 5.92 Å². The fraction of sp³-hybridized carbons (Fsp3) is 0.667. The molecule has 1 aromatic rings. The molecule has 5 heteroatoms. The number of nitrogens with one attached hydrogen (secondary N) is 2. The first-order valence-electron chi connectivity index (χ1n) is 7.54. The molecule has 2 heterocycles. The van der Waals surface area contributed by atoms with Crippen LogP contribution in [0.4, 0.5) is 0 Å². The van der Waals surface area contributed by atoms with E-state index in [0.717, 1.165) is 50.3 Å². The topological polar surface area (TPSA) is 40.3 Å². The van der Waals surface area contributed by atoms with E-state index >= 15 is 0 Å². The molecule has 2 N–H and O–H groups in total. The van der Waals surface area contributed by atoms with Crippen LogP contribution in [0, 0.1) is 5.92 Å². The van der Waals surface area contributed by atoms with Gasteiger partial charge in [0.05, 0.1) is 24.1 Å². The Hall–Kier alpha value is -0.910. The van der Waals surface area contributed by atoms with Gasteiger partial charge in [-0.3, -0.25) is 4.90 Å². The second-order valence-electron chi connectivity index (χ2n) is 5.78. The van der Waals surface area contributed by atoms with E-state index in [0.29, 0.717) is 0 Å². The van der Waals surface area contributed by atoms with Crippen LogP contribution >= 0.6 is 12.2 Å². The molecule has 1 saturated carbocycles. The molecule has 1 unspecified atom stereocenters. The van der Waals surface area contributed by atoms with Crippen LogP contribution in [0.5, 0.6) is 0 Å². The summed E-state index contributed by atoms with van der Waals surface area (Å²) in [5.41, 5.74) is 1.21. The van der Waals surface area contributed by atoms with Crippen molar-refractivity contribution in [2.75, 3.05) is 39.4 Å². The maximum atomic E-state index is 5.65. The van der Waals surface area contributed by atoms with Crippen molar-refractivity contribution in [3.05, 3.63) is 24.0 Å². The molecule has 1 aliphatic heterocycles. The third kappa shape index (κ3) is 3.81. The molecule has 110 valence electrons. The van der Waals surface area contributed by atoms with Crippen molar-refractivity contribution in [3.63, 3.8) is 0 Å². The molecule has 4 nitrogen and oxygen atoms in total. The minimum atomic E-state index is 0.261. The van der Waals surface area contributed by atoms with Crippen LogP contribution in [0.3, 0.4) is 0 Å². The normalized spacial score (nSPS) is 21.6. The van der Waals surface area contributed by atoms with Crippen molar-refractivity contribution in [1.82, 2.24) is 15.2 Å². The molecule has 20 heavy (non-hydrogen) atoms. The number of nitrogens with zero attached hydrogens (tertiary/aromatic N) is 1. The standard InChI is InChI=1S/C15H23N3OS/c20-15(17-10-12-3-4-12)13(14-2-1-5-16-14)11-18-6-8-19-9-7-18/h1-2,5,12-13,16H,3-4,6-11H2,(H,17,20). The van der Waals surface area contributed by atoms with Gasteiger partial charge in [-0.1, -0.05) is 12.2 Å². The fourth-order valence-electron chi connectivity index (χ4n) is 2.62. The van der Waals surface area contributed by atoms with E-state index in [1.807, 2.05) is 12.3 Å². The molecule has 0 amide bonds. The lowest BCUT2D eigenvalue weighted by molar-refractivity contribution is 0.0372. The summed E-state index contributed by atoms with van der Waals surface area (Å²) in [5.74, 6) is 1.11. The van der Waals surface area contributed by atoms with E-state index in [2.05, 4.69) is 21.3 Å². The second kappa shape index (κ2) is 6.70. The number of aromatic amines is 1. The Labute approximate surface area is 125 Å². The largest absolute Gasteiger partial charge is 0.379 e. The predicted molar refractivity (Wildman–Crippen MR) is 84.1 cm³/mol. The second-order valence-corrected chi connectivity index (χ2v) is 6.22. The van der Waals surface area contributed by atoms with Crippen molar-refractivity contribution in [3.8, 4) is 0 Å². The molecule has 1 atom stereocenters. The van der Waals surface area contributed by atoms with E-state index in [9.17, 15) is 0 Å². The summed E-state index contributed by atoms with van der Waals surface area (Å²) < 4.78 is 5.42. The summed E-state index contributed by atoms with van der Waals surface area (Å²) >= 11 is 5.65. The van der Waals surface area contributed by atoms with Gasteiger partial charge in [0.1, 0.15) is 0 Å². The van der Waals surface area contributed by atoms with Crippen LogP contribution in [0.1, 0.15) is 24.5 Å². The Kier molecular flexibility index (Phi) is 4.70. The number of hydrogen-bond donors (Lipinski definition) is 2. The fourth-order valence-corrected chi connectivity index (χ4v) is 2.90. The first-order valence-corrected chi connectivity index (χ1v) is 7.95. The Morgan fingerprint density at radius 3 is 2.90 bits per heavy atom. The van der Waals surface area contributed by atoms with Crippen LogP contribution < -0.4 is 5.32 Å². The summed E-state index contributed by atoms with van der Waals surface area (Å²) in [6.07, 6.45) is 4.68. The minimum Gasteiger partial charge on any atom is -0.379 e. The van der Waals surface area contributed by atoms with E-state index in [4.69, 9.17) is 17.0 Å². The highest BCUT2D eigenvalue weighted by Gasteiger charge is 2.25. The molecule has 2 fully saturated rings. The third-order valence-corrected chi connectivity index (χ3v) is 4.55. The SMILES string of the molecule is S=C(NCC1CC1)C(CN1CCOCC1)c1ccc[nH]1. The first-order chi connectivity index (χ1) is 9.83. The highest BCUT2D eigenvalue weighted by molar-refractivity contribution is 7.80. The Morgan fingerprint density at radius 2 is 2.25 bits per heavy atom. The zero-order valence-corrected chi connectivity index (χ0v) is 12.6. The number of H-pyrrole nitrogens is 1. The van der Waals surface area contributed by atoms with Gasteiger partial charge in [0.25, 0.3) is 0 Å². The number of hydrogen-bond acceptors (Lipinski definition) is 3. The summed E-state index contributed by atoms with van der Waals surface area (Å²) in [6, 6.07) is 4.18. The molecule has 3 rings (SSSR count). The summed E-state index contributed by atoms with van der Waals surface area (Å²) in [7, 11) is 0. The molecule has 0 bridgehead atoms. The van der Waals surface area contributed by atoms with Gasteiger partial charge < -0.3 is 15.0 Å². The predicted octanol–water partition coefficient (Wildman–Crippen LogP) is 1.76. The lowest BCUT2D eigenvalue weighted by atomic mass is 10.0. The van der Waals surface area contributed by atoms with Gasteiger partial charge in [-0.15, -0.1) is 0 Å². The molecule has 1 aliphatic carbocycles. The maximum Gasteiger partial charge on any atom is 0.0857 e. The van der Waals surface area contributed by atoms with E-state index in [-0.39, 0.29) is 5.92 Å².